The van der Waals surface area contributed by atoms with E-state index in [2.05, 4.69) is 9.97 Å². The van der Waals surface area contributed by atoms with Crippen LogP contribution in [0.5, 0.6) is 0 Å². The second-order valence-electron chi connectivity index (χ2n) is 4.47. The van der Waals surface area contributed by atoms with Crippen molar-refractivity contribution in [2.24, 2.45) is 5.73 Å². The highest BCUT2D eigenvalue weighted by atomic mass is 16.1. The van der Waals surface area contributed by atoms with Crippen LogP contribution in [-0.4, -0.2) is 15.9 Å². The number of aromatic nitrogens is 2. The molecule has 0 atom stereocenters. The summed E-state index contributed by atoms with van der Waals surface area (Å²) in [7, 11) is 0. The Balaban J connectivity index is 2.10. The fourth-order valence-corrected chi connectivity index (χ4v) is 2.10. The standard InChI is InChI=1S/C16H13N3O/c17-15(20)14(8-11-4-2-1-3-5-11)13-9-12-6-7-18-16(12)19-10-13/h1-10H,(H2,17,20)(H,18,19)/b14-8-. The van der Waals surface area contributed by atoms with Crippen molar-refractivity contribution in [1.29, 1.82) is 0 Å². The minimum atomic E-state index is -0.467. The number of aromatic amines is 1. The molecule has 1 amide bonds. The Morgan fingerprint density at radius 2 is 2.00 bits per heavy atom. The number of rotatable bonds is 3. The predicted molar refractivity (Wildman–Crippen MR) is 79.6 cm³/mol. The average Bonchev–Trinajstić information content (AvgIpc) is 2.93. The Bertz CT molecular complexity index is 788. The molecule has 3 rings (SSSR count). The van der Waals surface area contributed by atoms with Crippen LogP contribution in [0.4, 0.5) is 0 Å². The summed E-state index contributed by atoms with van der Waals surface area (Å²) >= 11 is 0. The van der Waals surface area contributed by atoms with E-state index < -0.39 is 5.91 Å². The van der Waals surface area contributed by atoms with Crippen molar-refractivity contribution in [3.63, 3.8) is 0 Å². The van der Waals surface area contributed by atoms with Gasteiger partial charge in [0.1, 0.15) is 5.65 Å². The molecule has 0 bridgehead atoms. The van der Waals surface area contributed by atoms with Gasteiger partial charge < -0.3 is 10.7 Å². The largest absolute Gasteiger partial charge is 0.366 e. The number of pyridine rings is 1. The Morgan fingerprint density at radius 1 is 1.20 bits per heavy atom. The van der Waals surface area contributed by atoms with E-state index in [1.807, 2.05) is 48.7 Å². The van der Waals surface area contributed by atoms with Crippen LogP contribution in [0.15, 0.2) is 54.9 Å². The van der Waals surface area contributed by atoms with Crippen LogP contribution < -0.4 is 5.73 Å². The zero-order valence-corrected chi connectivity index (χ0v) is 10.7. The van der Waals surface area contributed by atoms with Crippen molar-refractivity contribution in [2.45, 2.75) is 0 Å². The number of nitrogens with one attached hydrogen (secondary N) is 1. The Hall–Kier alpha value is -2.88. The summed E-state index contributed by atoms with van der Waals surface area (Å²) in [6.07, 6.45) is 5.24. The lowest BCUT2D eigenvalue weighted by molar-refractivity contribution is -0.112. The molecule has 3 N–H and O–H groups in total. The first-order valence-corrected chi connectivity index (χ1v) is 6.24. The summed E-state index contributed by atoms with van der Waals surface area (Å²) in [6.45, 7) is 0. The van der Waals surface area contributed by atoms with Crippen LogP contribution in [0.2, 0.25) is 0 Å². The van der Waals surface area contributed by atoms with Crippen molar-refractivity contribution < 1.29 is 4.79 Å². The quantitative estimate of drug-likeness (QED) is 0.713. The molecule has 0 unspecified atom stereocenters. The van der Waals surface area contributed by atoms with Crippen LogP contribution in [0.25, 0.3) is 22.7 Å². The summed E-state index contributed by atoms with van der Waals surface area (Å²) in [6, 6.07) is 13.4. The number of nitrogens with two attached hydrogens (primary N) is 1. The number of primary amides is 1. The topological polar surface area (TPSA) is 71.8 Å². The van der Waals surface area contributed by atoms with Gasteiger partial charge in [-0.3, -0.25) is 4.79 Å². The summed E-state index contributed by atoms with van der Waals surface area (Å²) in [5, 5.41) is 0.947. The van der Waals surface area contributed by atoms with Crippen molar-refractivity contribution in [3.05, 3.63) is 66.0 Å². The minimum absolute atomic E-state index is 0.451. The van der Waals surface area contributed by atoms with Gasteiger partial charge in [0.05, 0.1) is 0 Å². The van der Waals surface area contributed by atoms with Crippen molar-refractivity contribution in [1.82, 2.24) is 9.97 Å². The van der Waals surface area contributed by atoms with E-state index in [0.29, 0.717) is 11.1 Å². The fourth-order valence-electron chi connectivity index (χ4n) is 2.10. The van der Waals surface area contributed by atoms with Crippen LogP contribution in [0.3, 0.4) is 0 Å². The Kier molecular flexibility index (Phi) is 3.05. The summed E-state index contributed by atoms with van der Waals surface area (Å²) in [5.41, 5.74) is 8.38. The molecule has 0 saturated carbocycles. The first kappa shape index (κ1) is 12.2. The number of H-pyrrole nitrogens is 1. The maximum Gasteiger partial charge on any atom is 0.249 e. The molecule has 4 heteroatoms. The van der Waals surface area contributed by atoms with Crippen molar-refractivity contribution in [2.75, 3.05) is 0 Å². The highest BCUT2D eigenvalue weighted by Crippen LogP contribution is 2.20. The highest BCUT2D eigenvalue weighted by molar-refractivity contribution is 6.23. The number of nitrogens with zero attached hydrogens (tertiary/aromatic N) is 1. The van der Waals surface area contributed by atoms with Gasteiger partial charge in [-0.05, 0) is 23.8 Å². The molecule has 0 spiro atoms. The lowest BCUT2D eigenvalue weighted by Crippen LogP contribution is -2.13. The van der Waals surface area contributed by atoms with Crippen LogP contribution in [0, 0.1) is 0 Å². The van der Waals surface area contributed by atoms with E-state index in [4.69, 9.17) is 5.73 Å². The maximum atomic E-state index is 11.7. The van der Waals surface area contributed by atoms with Gasteiger partial charge in [0.25, 0.3) is 0 Å². The average molecular weight is 263 g/mol. The third-order valence-electron chi connectivity index (χ3n) is 3.09. The van der Waals surface area contributed by atoms with E-state index in [0.717, 1.165) is 16.6 Å². The SMILES string of the molecule is NC(=O)/C(=C\c1ccccc1)c1cnc2[nH]ccc2c1. The van der Waals surface area contributed by atoms with Crippen molar-refractivity contribution in [3.8, 4) is 0 Å². The lowest BCUT2D eigenvalue weighted by atomic mass is 10.0. The van der Waals surface area contributed by atoms with Crippen LogP contribution >= 0.6 is 0 Å². The van der Waals surface area contributed by atoms with Gasteiger partial charge >= 0.3 is 0 Å². The Labute approximate surface area is 116 Å². The third kappa shape index (κ3) is 2.31. The molecular formula is C16H13N3O. The number of carbonyl (C=O) groups excluding carboxylic acids is 1. The normalized spacial score (nSPS) is 11.7. The van der Waals surface area contributed by atoms with Gasteiger partial charge in [-0.2, -0.15) is 0 Å². The molecule has 4 nitrogen and oxygen atoms in total. The molecule has 0 saturated heterocycles. The number of carbonyl (C=O) groups is 1. The lowest BCUT2D eigenvalue weighted by Gasteiger charge is -2.04. The van der Waals surface area contributed by atoms with Crippen LogP contribution in [-0.2, 0) is 4.79 Å². The second-order valence-corrected chi connectivity index (χ2v) is 4.47. The molecule has 98 valence electrons. The van der Waals surface area contributed by atoms with E-state index in [1.165, 1.54) is 0 Å². The molecular weight excluding hydrogens is 250 g/mol. The molecule has 1 aromatic carbocycles. The molecule has 0 aliphatic rings. The highest BCUT2D eigenvalue weighted by Gasteiger charge is 2.10. The number of benzene rings is 1. The van der Waals surface area contributed by atoms with Gasteiger partial charge in [-0.1, -0.05) is 30.3 Å². The number of hydrogen-bond acceptors (Lipinski definition) is 2. The monoisotopic (exact) mass is 263 g/mol. The first-order chi connectivity index (χ1) is 9.74. The van der Waals surface area contributed by atoms with Gasteiger partial charge in [0.15, 0.2) is 0 Å². The maximum absolute atomic E-state index is 11.7. The predicted octanol–water partition coefficient (Wildman–Crippen LogP) is 2.59. The number of fused-ring (bicyclic) bond motifs is 1. The molecule has 20 heavy (non-hydrogen) atoms. The molecule has 0 radical (unpaired) electrons. The zero-order valence-electron chi connectivity index (χ0n) is 10.7. The summed E-state index contributed by atoms with van der Waals surface area (Å²) < 4.78 is 0. The molecule has 3 aromatic rings. The van der Waals surface area contributed by atoms with Crippen LogP contribution in [0.1, 0.15) is 11.1 Å². The Morgan fingerprint density at radius 3 is 2.75 bits per heavy atom. The van der Waals surface area contributed by atoms with Gasteiger partial charge in [-0.15, -0.1) is 0 Å². The van der Waals surface area contributed by atoms with E-state index in [9.17, 15) is 4.79 Å². The summed E-state index contributed by atoms with van der Waals surface area (Å²) in [5.74, 6) is -0.467. The second kappa shape index (κ2) is 5.01. The van der Waals surface area contributed by atoms with E-state index >= 15 is 0 Å². The number of hydrogen-bond donors (Lipinski definition) is 2. The smallest absolute Gasteiger partial charge is 0.249 e. The van der Waals surface area contributed by atoms with Crippen molar-refractivity contribution >= 4 is 28.6 Å². The molecule has 2 heterocycles. The minimum Gasteiger partial charge on any atom is -0.366 e. The molecule has 0 aliphatic heterocycles. The van der Waals surface area contributed by atoms with E-state index in [1.54, 1.807) is 12.3 Å². The molecule has 0 aliphatic carbocycles. The van der Waals surface area contributed by atoms with Gasteiger partial charge in [0, 0.05) is 28.9 Å². The summed E-state index contributed by atoms with van der Waals surface area (Å²) in [4.78, 5) is 19.0. The third-order valence-corrected chi connectivity index (χ3v) is 3.09. The van der Waals surface area contributed by atoms with Gasteiger partial charge in [-0.25, -0.2) is 4.98 Å². The number of amides is 1. The van der Waals surface area contributed by atoms with Gasteiger partial charge in [0.2, 0.25) is 5.91 Å². The van der Waals surface area contributed by atoms with E-state index in [-0.39, 0.29) is 0 Å². The fraction of sp³-hybridized carbons (Fsp3) is 0. The first-order valence-electron chi connectivity index (χ1n) is 6.24. The zero-order chi connectivity index (χ0) is 13.9. The molecule has 2 aromatic heterocycles. The molecule has 0 fully saturated rings.